The maximum atomic E-state index is 6.01. The van der Waals surface area contributed by atoms with Crippen molar-refractivity contribution in [3.05, 3.63) is 12.0 Å². The Bertz CT molecular complexity index is 422. The third kappa shape index (κ3) is 1.27. The van der Waals surface area contributed by atoms with Gasteiger partial charge in [-0.2, -0.15) is 0 Å². The van der Waals surface area contributed by atoms with Gasteiger partial charge in [-0.25, -0.2) is 9.66 Å². The van der Waals surface area contributed by atoms with E-state index in [-0.39, 0.29) is 0 Å². The lowest BCUT2D eigenvalue weighted by Crippen LogP contribution is -2.45. The minimum Gasteiger partial charge on any atom is -0.382 e. The van der Waals surface area contributed by atoms with Gasteiger partial charge in [0.1, 0.15) is 11.6 Å². The molecule has 4 bridgehead atoms. The summed E-state index contributed by atoms with van der Waals surface area (Å²) in [5, 5.41) is 0. The van der Waals surface area contributed by atoms with Crippen molar-refractivity contribution < 1.29 is 0 Å². The van der Waals surface area contributed by atoms with E-state index < -0.39 is 0 Å². The number of rotatable bonds is 1. The number of aromatic nitrogens is 2. The Morgan fingerprint density at radius 3 is 2.12 bits per heavy atom. The van der Waals surface area contributed by atoms with Crippen molar-refractivity contribution in [3.8, 4) is 0 Å². The average Bonchev–Trinajstić information content (AvgIpc) is 2.60. The molecule has 0 aromatic carbocycles. The summed E-state index contributed by atoms with van der Waals surface area (Å²) in [5.41, 5.74) is 5.81. The zero-order valence-corrected chi connectivity index (χ0v) is 10.0. The van der Waals surface area contributed by atoms with Gasteiger partial charge in [-0.3, -0.25) is 0 Å². The summed E-state index contributed by atoms with van der Waals surface area (Å²) < 4.78 is 1.62. The highest BCUT2D eigenvalue weighted by molar-refractivity contribution is 5.30. The van der Waals surface area contributed by atoms with E-state index in [0.717, 1.165) is 29.5 Å². The van der Waals surface area contributed by atoms with Crippen molar-refractivity contribution in [2.45, 2.75) is 38.0 Å². The number of anilines is 1. The van der Waals surface area contributed by atoms with Crippen molar-refractivity contribution in [2.24, 2.45) is 23.7 Å². The van der Waals surface area contributed by atoms with Crippen LogP contribution < -0.4 is 11.6 Å². The zero-order chi connectivity index (χ0) is 11.6. The van der Waals surface area contributed by atoms with E-state index >= 15 is 0 Å². The van der Waals surface area contributed by atoms with E-state index in [4.69, 9.17) is 11.6 Å². The molecule has 4 nitrogen and oxygen atoms in total. The lowest BCUT2D eigenvalue weighted by atomic mass is 9.51. The van der Waals surface area contributed by atoms with Crippen LogP contribution in [-0.4, -0.2) is 9.66 Å². The van der Waals surface area contributed by atoms with Gasteiger partial charge < -0.3 is 11.6 Å². The minimum absolute atomic E-state index is 0.574. The van der Waals surface area contributed by atoms with Crippen LogP contribution in [0, 0.1) is 23.7 Å². The molecule has 0 atom stereocenters. The summed E-state index contributed by atoms with van der Waals surface area (Å²) in [4.78, 5) is 4.47. The summed E-state index contributed by atoms with van der Waals surface area (Å²) in [6, 6.07) is 0. The first-order valence-corrected chi connectivity index (χ1v) is 6.80. The molecule has 17 heavy (non-hydrogen) atoms. The Balaban J connectivity index is 1.73. The Morgan fingerprint density at radius 1 is 1.06 bits per heavy atom. The molecule has 4 aliphatic rings. The smallest absolute Gasteiger partial charge is 0.142 e. The summed E-state index contributed by atoms with van der Waals surface area (Å²) in [7, 11) is 0. The van der Waals surface area contributed by atoms with Crippen LogP contribution in [-0.2, 0) is 0 Å². The molecule has 4 fully saturated rings. The lowest BCUT2D eigenvalue weighted by molar-refractivity contribution is -0.00623. The number of nitrogens with zero attached hydrogens (tertiary/aromatic N) is 2. The zero-order valence-electron chi connectivity index (χ0n) is 10.0. The Morgan fingerprint density at radius 2 is 1.65 bits per heavy atom. The van der Waals surface area contributed by atoms with Gasteiger partial charge >= 0.3 is 0 Å². The first-order valence-electron chi connectivity index (χ1n) is 6.80. The molecular formula is C13H20N4. The van der Waals surface area contributed by atoms with Crippen LogP contribution in [0.2, 0.25) is 0 Å². The van der Waals surface area contributed by atoms with Crippen molar-refractivity contribution >= 4 is 5.82 Å². The third-order valence-electron chi connectivity index (χ3n) is 5.38. The number of nitrogens with two attached hydrogens (primary N) is 2. The molecule has 4 saturated carbocycles. The molecule has 0 spiro atoms. The fourth-order valence-electron chi connectivity index (χ4n) is 4.98. The normalized spacial score (nSPS) is 43.2. The molecule has 1 aromatic heterocycles. The van der Waals surface area contributed by atoms with Crippen LogP contribution in [0.4, 0.5) is 5.82 Å². The van der Waals surface area contributed by atoms with Crippen LogP contribution in [0.5, 0.6) is 0 Å². The summed E-state index contributed by atoms with van der Waals surface area (Å²) in [5.74, 6) is 11.8. The van der Waals surface area contributed by atoms with E-state index in [2.05, 4.69) is 4.98 Å². The van der Waals surface area contributed by atoms with Gasteiger partial charge in [0.15, 0.2) is 0 Å². The molecule has 0 amide bonds. The number of hydrogen-bond acceptors (Lipinski definition) is 3. The van der Waals surface area contributed by atoms with Gasteiger partial charge in [0.05, 0.1) is 6.20 Å². The molecule has 4 heteroatoms. The Hall–Kier alpha value is -1.19. The van der Waals surface area contributed by atoms with E-state index in [9.17, 15) is 0 Å². The van der Waals surface area contributed by atoms with Crippen LogP contribution in [0.15, 0.2) is 6.20 Å². The van der Waals surface area contributed by atoms with Gasteiger partial charge in [-0.05, 0) is 55.8 Å². The second-order valence-corrected chi connectivity index (χ2v) is 6.37. The summed E-state index contributed by atoms with van der Waals surface area (Å²) in [6.07, 6.45) is 8.77. The molecule has 92 valence electrons. The Kier molecular flexibility index (Phi) is 1.83. The largest absolute Gasteiger partial charge is 0.382 e. The molecule has 0 radical (unpaired) electrons. The third-order valence-corrected chi connectivity index (χ3v) is 5.38. The second kappa shape index (κ2) is 3.18. The molecule has 0 saturated heterocycles. The highest BCUT2D eigenvalue weighted by atomic mass is 15.4. The van der Waals surface area contributed by atoms with Crippen molar-refractivity contribution in [1.82, 2.24) is 9.66 Å². The molecule has 4 aliphatic carbocycles. The molecule has 1 heterocycles. The molecule has 1 aromatic rings. The van der Waals surface area contributed by atoms with Gasteiger partial charge in [0, 0.05) is 5.92 Å². The maximum Gasteiger partial charge on any atom is 0.142 e. The van der Waals surface area contributed by atoms with Gasteiger partial charge in [-0.15, -0.1) is 0 Å². The highest BCUT2D eigenvalue weighted by Gasteiger charge is 2.50. The van der Waals surface area contributed by atoms with Gasteiger partial charge in [-0.1, -0.05) is 0 Å². The lowest BCUT2D eigenvalue weighted by Gasteiger charge is -2.54. The van der Waals surface area contributed by atoms with Crippen LogP contribution >= 0.6 is 0 Å². The van der Waals surface area contributed by atoms with E-state index in [1.54, 1.807) is 10.9 Å². The van der Waals surface area contributed by atoms with E-state index in [1.807, 2.05) is 0 Å². The predicted molar refractivity (Wildman–Crippen MR) is 66.6 cm³/mol. The SMILES string of the molecule is Nc1cnc(C2C3CC4CC(C3)CC2C4)n1N. The predicted octanol–water partition coefficient (Wildman–Crippen LogP) is 1.72. The molecule has 0 unspecified atom stereocenters. The molecule has 0 aliphatic heterocycles. The standard InChI is InChI=1S/C13H20N4/c14-11-6-16-13(17(11)15)12-9-2-7-1-8(4-9)5-10(12)3-7/h6-10,12H,1-5,14-15H2. The summed E-state index contributed by atoms with van der Waals surface area (Å²) >= 11 is 0. The number of hydrogen-bond donors (Lipinski definition) is 2. The van der Waals surface area contributed by atoms with Gasteiger partial charge in [0.2, 0.25) is 0 Å². The van der Waals surface area contributed by atoms with Crippen LogP contribution in [0.1, 0.15) is 43.8 Å². The second-order valence-electron chi connectivity index (χ2n) is 6.37. The monoisotopic (exact) mass is 232 g/mol. The first-order chi connectivity index (χ1) is 8.22. The Labute approximate surface area is 101 Å². The van der Waals surface area contributed by atoms with Gasteiger partial charge in [0.25, 0.3) is 0 Å². The topological polar surface area (TPSA) is 69.9 Å². The molecule has 4 N–H and O–H groups in total. The molecule has 5 rings (SSSR count). The van der Waals surface area contributed by atoms with Crippen molar-refractivity contribution in [2.75, 3.05) is 11.6 Å². The fourth-order valence-corrected chi connectivity index (χ4v) is 4.98. The quantitative estimate of drug-likeness (QED) is 0.724. The maximum absolute atomic E-state index is 6.01. The van der Waals surface area contributed by atoms with Crippen molar-refractivity contribution in [1.29, 1.82) is 0 Å². The van der Waals surface area contributed by atoms with E-state index in [0.29, 0.717) is 11.7 Å². The fraction of sp³-hybridized carbons (Fsp3) is 0.769. The number of imidazole rings is 1. The van der Waals surface area contributed by atoms with Crippen LogP contribution in [0.25, 0.3) is 0 Å². The van der Waals surface area contributed by atoms with Crippen LogP contribution in [0.3, 0.4) is 0 Å². The first kappa shape index (κ1) is 9.80. The average molecular weight is 232 g/mol. The minimum atomic E-state index is 0.574. The van der Waals surface area contributed by atoms with Crippen molar-refractivity contribution in [3.63, 3.8) is 0 Å². The highest BCUT2D eigenvalue weighted by Crippen LogP contribution is 2.59. The summed E-state index contributed by atoms with van der Waals surface area (Å²) in [6.45, 7) is 0. The van der Waals surface area contributed by atoms with E-state index in [1.165, 1.54) is 32.1 Å². The molecular weight excluding hydrogens is 212 g/mol. The number of nitrogen functional groups attached to an aromatic ring is 2.